The Labute approximate surface area is 98.0 Å². The number of hydrogen-bond acceptors (Lipinski definition) is 5. The van der Waals surface area contributed by atoms with Gasteiger partial charge < -0.3 is 20.3 Å². The number of anilines is 1. The summed E-state index contributed by atoms with van der Waals surface area (Å²) in [6, 6.07) is 3.17. The minimum absolute atomic E-state index is 0.207. The van der Waals surface area contributed by atoms with Crippen molar-refractivity contribution in [3.63, 3.8) is 0 Å². The van der Waals surface area contributed by atoms with Crippen LogP contribution in [-0.4, -0.2) is 22.9 Å². The van der Waals surface area contributed by atoms with Gasteiger partial charge in [0.25, 0.3) is 5.56 Å². The van der Waals surface area contributed by atoms with Crippen molar-refractivity contribution in [1.29, 1.82) is 0 Å². The van der Waals surface area contributed by atoms with Gasteiger partial charge in [-0.15, -0.1) is 0 Å². The van der Waals surface area contributed by atoms with E-state index in [9.17, 15) is 10.0 Å². The molecule has 6 nitrogen and oxygen atoms in total. The van der Waals surface area contributed by atoms with E-state index in [0.29, 0.717) is 18.4 Å². The van der Waals surface area contributed by atoms with Crippen LogP contribution in [0.25, 0.3) is 0 Å². The SMILES string of the molecule is O=c1c(N([O-])O)ccc2n1CC1CNCC2C1. The highest BCUT2D eigenvalue weighted by Crippen LogP contribution is 2.32. The molecular weight excluding hydrogens is 222 g/mol. The van der Waals surface area contributed by atoms with Gasteiger partial charge in [-0.05, 0) is 31.0 Å². The molecule has 0 amide bonds. The van der Waals surface area contributed by atoms with Crippen LogP contribution in [0.15, 0.2) is 16.9 Å². The molecule has 6 heteroatoms. The molecule has 0 aliphatic carbocycles. The van der Waals surface area contributed by atoms with Gasteiger partial charge in [0.05, 0.1) is 0 Å². The third-order valence-electron chi connectivity index (χ3n) is 3.69. The summed E-state index contributed by atoms with van der Waals surface area (Å²) in [5.41, 5.74) is 0.363. The van der Waals surface area contributed by atoms with Crippen LogP contribution >= 0.6 is 0 Å². The number of pyridine rings is 1. The second kappa shape index (κ2) is 3.83. The normalized spacial score (nSPS) is 26.5. The van der Waals surface area contributed by atoms with Crippen LogP contribution < -0.4 is 16.1 Å². The molecule has 2 N–H and O–H groups in total. The lowest BCUT2D eigenvalue weighted by molar-refractivity contribution is 0.254. The van der Waals surface area contributed by atoms with Crippen molar-refractivity contribution in [2.24, 2.45) is 5.92 Å². The van der Waals surface area contributed by atoms with Gasteiger partial charge in [0.1, 0.15) is 5.69 Å². The number of nitrogens with zero attached hydrogens (tertiary/aromatic N) is 2. The molecule has 92 valence electrons. The first-order valence-corrected chi connectivity index (χ1v) is 5.77. The van der Waals surface area contributed by atoms with Gasteiger partial charge in [-0.2, -0.15) is 0 Å². The third-order valence-corrected chi connectivity index (χ3v) is 3.69. The molecule has 0 saturated carbocycles. The van der Waals surface area contributed by atoms with E-state index in [2.05, 4.69) is 5.32 Å². The average Bonchev–Trinajstić information content (AvgIpc) is 2.30. The maximum Gasteiger partial charge on any atom is 0.275 e. The van der Waals surface area contributed by atoms with Crippen molar-refractivity contribution in [3.8, 4) is 0 Å². The van der Waals surface area contributed by atoms with Crippen molar-refractivity contribution in [1.82, 2.24) is 9.88 Å². The molecule has 3 rings (SSSR count). The zero-order valence-electron chi connectivity index (χ0n) is 9.30. The highest BCUT2D eigenvalue weighted by atomic mass is 16.8. The van der Waals surface area contributed by atoms with Crippen LogP contribution in [0.1, 0.15) is 18.0 Å². The summed E-state index contributed by atoms with van der Waals surface area (Å²) in [5, 5.41) is 22.7. The van der Waals surface area contributed by atoms with Crippen LogP contribution in [0.2, 0.25) is 0 Å². The van der Waals surface area contributed by atoms with E-state index < -0.39 is 5.56 Å². The summed E-state index contributed by atoms with van der Waals surface area (Å²) in [6.07, 6.45) is 1.09. The Morgan fingerprint density at radius 3 is 3.06 bits per heavy atom. The second-order valence-corrected chi connectivity index (χ2v) is 4.79. The fourth-order valence-electron chi connectivity index (χ4n) is 2.92. The fourth-order valence-corrected chi connectivity index (χ4v) is 2.92. The van der Waals surface area contributed by atoms with Crippen molar-refractivity contribution in [2.75, 3.05) is 18.3 Å². The Hall–Kier alpha value is -1.37. The minimum atomic E-state index is -0.392. The molecule has 1 fully saturated rings. The molecule has 2 aliphatic rings. The Morgan fingerprint density at radius 1 is 1.47 bits per heavy atom. The number of aromatic nitrogens is 1. The van der Waals surface area contributed by atoms with Gasteiger partial charge in [-0.25, -0.2) is 0 Å². The zero-order chi connectivity index (χ0) is 12.0. The Balaban J connectivity index is 2.12. The second-order valence-electron chi connectivity index (χ2n) is 4.79. The van der Waals surface area contributed by atoms with Crippen molar-refractivity contribution in [3.05, 3.63) is 33.4 Å². The number of piperidine rings is 1. The van der Waals surface area contributed by atoms with Gasteiger partial charge in [-0.3, -0.25) is 10.0 Å². The van der Waals surface area contributed by atoms with Crippen LogP contribution in [-0.2, 0) is 6.54 Å². The molecule has 2 atom stereocenters. The van der Waals surface area contributed by atoms with Gasteiger partial charge in [0.2, 0.25) is 0 Å². The molecule has 1 aromatic rings. The molecule has 1 saturated heterocycles. The lowest BCUT2D eigenvalue weighted by Crippen LogP contribution is -2.45. The highest BCUT2D eigenvalue weighted by molar-refractivity contribution is 5.43. The Morgan fingerprint density at radius 2 is 2.29 bits per heavy atom. The highest BCUT2D eigenvalue weighted by Gasteiger charge is 2.31. The van der Waals surface area contributed by atoms with E-state index in [1.165, 1.54) is 6.07 Å². The maximum atomic E-state index is 12.0. The number of nitrogens with one attached hydrogen (secondary N) is 1. The van der Waals surface area contributed by atoms with E-state index in [0.717, 1.165) is 25.2 Å². The first kappa shape index (κ1) is 10.8. The Bertz CT molecular complexity index is 497. The Kier molecular flexibility index (Phi) is 2.43. The molecule has 2 bridgehead atoms. The van der Waals surface area contributed by atoms with E-state index in [-0.39, 0.29) is 10.9 Å². The molecule has 0 aromatic carbocycles. The lowest BCUT2D eigenvalue weighted by Gasteiger charge is -2.38. The average molecular weight is 236 g/mol. The number of hydrogen-bond donors (Lipinski definition) is 2. The smallest absolute Gasteiger partial charge is 0.275 e. The summed E-state index contributed by atoms with van der Waals surface area (Å²) in [6.45, 7) is 2.40. The summed E-state index contributed by atoms with van der Waals surface area (Å²) in [5.74, 6) is 0.774. The van der Waals surface area contributed by atoms with Crippen LogP contribution in [0.3, 0.4) is 0 Å². The van der Waals surface area contributed by atoms with Gasteiger partial charge in [0.15, 0.2) is 0 Å². The first-order valence-electron chi connectivity index (χ1n) is 5.77. The molecule has 17 heavy (non-hydrogen) atoms. The standard InChI is InChI=1S/C11H14N3O3/c15-11-10(14(16)17)2-1-9-8-3-7(4-12-5-8)6-13(9)11/h1-2,7-8,12,16H,3-6H2/q-1. The molecular formula is C11H14N3O3-. The molecule has 1 aromatic heterocycles. The molecule has 0 spiro atoms. The van der Waals surface area contributed by atoms with Crippen molar-refractivity contribution < 1.29 is 5.21 Å². The topological polar surface area (TPSA) is 80.6 Å². The molecule has 3 heterocycles. The van der Waals surface area contributed by atoms with Crippen molar-refractivity contribution in [2.45, 2.75) is 18.9 Å². The van der Waals surface area contributed by atoms with E-state index >= 15 is 0 Å². The largest absolute Gasteiger partial charge is 0.733 e. The summed E-state index contributed by atoms with van der Waals surface area (Å²) in [7, 11) is 0. The predicted molar refractivity (Wildman–Crippen MR) is 62.1 cm³/mol. The monoisotopic (exact) mass is 236 g/mol. The maximum absolute atomic E-state index is 12.0. The van der Waals surface area contributed by atoms with Gasteiger partial charge >= 0.3 is 0 Å². The fraction of sp³-hybridized carbons (Fsp3) is 0.545. The van der Waals surface area contributed by atoms with Gasteiger partial charge in [0, 0.05) is 24.7 Å². The lowest BCUT2D eigenvalue weighted by atomic mass is 9.84. The quantitative estimate of drug-likeness (QED) is 0.683. The van der Waals surface area contributed by atoms with E-state index in [1.807, 2.05) is 0 Å². The van der Waals surface area contributed by atoms with E-state index in [1.54, 1.807) is 10.6 Å². The number of rotatable bonds is 1. The van der Waals surface area contributed by atoms with Crippen LogP contribution in [0, 0.1) is 11.1 Å². The van der Waals surface area contributed by atoms with Crippen LogP contribution in [0.4, 0.5) is 5.69 Å². The van der Waals surface area contributed by atoms with Crippen molar-refractivity contribution >= 4 is 5.69 Å². The molecule has 0 radical (unpaired) electrons. The van der Waals surface area contributed by atoms with Gasteiger partial charge in [-0.1, -0.05) is 0 Å². The van der Waals surface area contributed by atoms with E-state index in [4.69, 9.17) is 5.21 Å². The summed E-state index contributed by atoms with van der Waals surface area (Å²) in [4.78, 5) is 12.0. The molecule has 2 aliphatic heterocycles. The predicted octanol–water partition coefficient (Wildman–Crippen LogP) is 0.248. The molecule has 2 unspecified atom stereocenters. The summed E-state index contributed by atoms with van der Waals surface area (Å²) < 4.78 is 1.64. The zero-order valence-corrected chi connectivity index (χ0v) is 9.30. The minimum Gasteiger partial charge on any atom is -0.733 e. The first-order chi connectivity index (χ1) is 8.16. The number of fused-ring (bicyclic) bond motifs is 4. The summed E-state index contributed by atoms with van der Waals surface area (Å²) >= 11 is 0. The third kappa shape index (κ3) is 1.65. The van der Waals surface area contributed by atoms with Crippen LogP contribution in [0.5, 0.6) is 0 Å².